The monoisotopic (exact) mass is 244 g/mol. The molecule has 0 heterocycles. The number of hydrogen-bond donors (Lipinski definition) is 2. The van der Waals surface area contributed by atoms with E-state index in [0.717, 1.165) is 12.8 Å². The molecule has 0 aliphatic heterocycles. The molecule has 3 N–H and O–H groups in total. The lowest BCUT2D eigenvalue weighted by molar-refractivity contribution is -0.117. The summed E-state index contributed by atoms with van der Waals surface area (Å²) in [7, 11) is 0. The molecule has 0 atom stereocenters. The van der Waals surface area contributed by atoms with Gasteiger partial charge in [-0.25, -0.2) is 0 Å². The summed E-state index contributed by atoms with van der Waals surface area (Å²) in [5.41, 5.74) is 6.55. The van der Waals surface area contributed by atoms with Gasteiger partial charge in [-0.2, -0.15) is 0 Å². The summed E-state index contributed by atoms with van der Waals surface area (Å²) in [5.74, 6) is 0.0991. The molecule has 80 valence electrons. The molecule has 1 aromatic carbocycles. The minimum Gasteiger partial charge on any atom is -0.397 e. The molecule has 0 saturated heterocycles. The van der Waals surface area contributed by atoms with E-state index in [1.165, 1.54) is 0 Å². The lowest BCUT2D eigenvalue weighted by Crippen LogP contribution is -2.14. The van der Waals surface area contributed by atoms with Gasteiger partial charge in [0.15, 0.2) is 0 Å². The largest absolute Gasteiger partial charge is 0.397 e. The lowest BCUT2D eigenvalue weighted by atomic mass is 10.2. The van der Waals surface area contributed by atoms with Gasteiger partial charge < -0.3 is 11.1 Å². The van der Waals surface area contributed by atoms with Crippen molar-refractivity contribution in [3.63, 3.8) is 0 Å². The predicted molar refractivity (Wildman–Crippen MR) is 62.2 cm³/mol. The summed E-state index contributed by atoms with van der Waals surface area (Å²) >= 11 is 11.7. The summed E-state index contributed by atoms with van der Waals surface area (Å²) in [6.45, 7) is 0. The molecule has 0 radical (unpaired) electrons. The molecule has 0 aromatic heterocycles. The highest BCUT2D eigenvalue weighted by Gasteiger charge is 2.30. The molecule has 5 heteroatoms. The number of rotatable bonds is 2. The quantitative estimate of drug-likeness (QED) is 0.787. The van der Waals surface area contributed by atoms with Crippen LogP contribution in [0.2, 0.25) is 10.0 Å². The topological polar surface area (TPSA) is 55.1 Å². The third-order valence-electron chi connectivity index (χ3n) is 2.28. The standard InChI is InChI=1S/C10H10Cl2N2O/c11-6-3-7(12)9(8(13)4-6)14-10(15)5-1-2-5/h3-5H,1-2,13H2,(H,14,15). The Morgan fingerprint density at radius 1 is 1.40 bits per heavy atom. The Hall–Kier alpha value is -0.930. The number of anilines is 2. The maximum Gasteiger partial charge on any atom is 0.227 e. The molecule has 1 saturated carbocycles. The van der Waals surface area contributed by atoms with Crippen LogP contribution in [-0.4, -0.2) is 5.91 Å². The maximum absolute atomic E-state index is 11.5. The highest BCUT2D eigenvalue weighted by atomic mass is 35.5. The Bertz CT molecular complexity index is 393. The first-order valence-electron chi connectivity index (χ1n) is 4.63. The van der Waals surface area contributed by atoms with Crippen molar-refractivity contribution >= 4 is 40.5 Å². The van der Waals surface area contributed by atoms with Crippen molar-refractivity contribution in [1.82, 2.24) is 0 Å². The molecule has 0 spiro atoms. The number of nitrogen functional groups attached to an aromatic ring is 1. The first-order chi connectivity index (χ1) is 7.08. The van der Waals surface area contributed by atoms with Crippen LogP contribution < -0.4 is 11.1 Å². The first-order valence-corrected chi connectivity index (χ1v) is 5.39. The Labute approximate surface area is 97.5 Å². The first kappa shape index (κ1) is 10.6. The highest BCUT2D eigenvalue weighted by Crippen LogP contribution is 2.35. The molecule has 1 amide bonds. The van der Waals surface area contributed by atoms with Gasteiger partial charge in [0, 0.05) is 10.9 Å². The van der Waals surface area contributed by atoms with Crippen molar-refractivity contribution in [3.05, 3.63) is 22.2 Å². The van der Waals surface area contributed by atoms with Crippen molar-refractivity contribution < 1.29 is 4.79 Å². The van der Waals surface area contributed by atoms with E-state index in [1.807, 2.05) is 0 Å². The molecular weight excluding hydrogens is 235 g/mol. The van der Waals surface area contributed by atoms with Crippen molar-refractivity contribution in [2.45, 2.75) is 12.8 Å². The number of benzene rings is 1. The van der Waals surface area contributed by atoms with Gasteiger partial charge in [-0.05, 0) is 25.0 Å². The van der Waals surface area contributed by atoms with E-state index in [2.05, 4.69) is 5.32 Å². The molecule has 1 aliphatic rings. The van der Waals surface area contributed by atoms with E-state index in [9.17, 15) is 4.79 Å². The fourth-order valence-corrected chi connectivity index (χ4v) is 1.85. The molecule has 2 rings (SSSR count). The van der Waals surface area contributed by atoms with Crippen molar-refractivity contribution in [2.75, 3.05) is 11.1 Å². The fourth-order valence-electron chi connectivity index (χ4n) is 1.30. The third-order valence-corrected chi connectivity index (χ3v) is 2.80. The minimum absolute atomic E-state index is 0.0223. The zero-order valence-electron chi connectivity index (χ0n) is 7.89. The highest BCUT2D eigenvalue weighted by molar-refractivity contribution is 6.37. The number of carbonyl (C=O) groups excluding carboxylic acids is 1. The third kappa shape index (κ3) is 2.36. The molecule has 3 nitrogen and oxygen atoms in total. The van der Waals surface area contributed by atoms with Gasteiger partial charge in [0.2, 0.25) is 5.91 Å². The molecule has 0 bridgehead atoms. The normalized spacial score (nSPS) is 15.1. The van der Waals surface area contributed by atoms with Gasteiger partial charge in [0.25, 0.3) is 0 Å². The van der Waals surface area contributed by atoms with E-state index >= 15 is 0 Å². The van der Waals surface area contributed by atoms with Crippen LogP contribution in [0.3, 0.4) is 0 Å². The lowest BCUT2D eigenvalue weighted by Gasteiger charge is -2.10. The van der Waals surface area contributed by atoms with Crippen LogP contribution in [-0.2, 0) is 4.79 Å². The number of hydrogen-bond acceptors (Lipinski definition) is 2. The SMILES string of the molecule is Nc1cc(Cl)cc(Cl)c1NC(=O)C1CC1. The minimum atomic E-state index is -0.0223. The van der Waals surface area contributed by atoms with Crippen molar-refractivity contribution in [3.8, 4) is 0 Å². The van der Waals surface area contributed by atoms with Gasteiger partial charge in [-0.15, -0.1) is 0 Å². The van der Waals surface area contributed by atoms with Gasteiger partial charge in [-0.1, -0.05) is 23.2 Å². The second kappa shape index (κ2) is 3.91. The van der Waals surface area contributed by atoms with E-state index in [4.69, 9.17) is 28.9 Å². The summed E-state index contributed by atoms with van der Waals surface area (Å²) in [6.07, 6.45) is 1.88. The molecule has 1 fully saturated rings. The van der Waals surface area contributed by atoms with Gasteiger partial charge in [0.1, 0.15) is 0 Å². The number of amides is 1. The van der Waals surface area contributed by atoms with E-state index < -0.39 is 0 Å². The molecular formula is C10H10Cl2N2O. The number of halogens is 2. The molecule has 1 aliphatic carbocycles. The Kier molecular flexibility index (Phi) is 2.76. The van der Waals surface area contributed by atoms with Crippen LogP contribution in [0.1, 0.15) is 12.8 Å². The van der Waals surface area contributed by atoms with Crippen LogP contribution in [0.25, 0.3) is 0 Å². The Balaban J connectivity index is 2.23. The predicted octanol–water partition coefficient (Wildman–Crippen LogP) is 2.92. The summed E-state index contributed by atoms with van der Waals surface area (Å²) in [4.78, 5) is 11.5. The summed E-state index contributed by atoms with van der Waals surface area (Å²) in [5, 5.41) is 3.54. The molecule has 0 unspecified atom stereocenters. The number of nitrogens with one attached hydrogen (secondary N) is 1. The van der Waals surface area contributed by atoms with Crippen molar-refractivity contribution in [2.24, 2.45) is 5.92 Å². The summed E-state index contributed by atoms with van der Waals surface area (Å²) in [6, 6.07) is 3.12. The van der Waals surface area contributed by atoms with E-state index in [0.29, 0.717) is 21.4 Å². The summed E-state index contributed by atoms with van der Waals surface area (Å²) < 4.78 is 0. The zero-order valence-corrected chi connectivity index (χ0v) is 9.40. The number of nitrogens with two attached hydrogens (primary N) is 1. The van der Waals surface area contributed by atoms with Crippen LogP contribution in [0, 0.1) is 5.92 Å². The van der Waals surface area contributed by atoms with Crippen LogP contribution in [0.5, 0.6) is 0 Å². The average molecular weight is 245 g/mol. The average Bonchev–Trinajstić information content (AvgIpc) is 2.93. The van der Waals surface area contributed by atoms with Crippen LogP contribution >= 0.6 is 23.2 Å². The van der Waals surface area contributed by atoms with E-state index in [-0.39, 0.29) is 11.8 Å². The number of carbonyl (C=O) groups is 1. The zero-order chi connectivity index (χ0) is 11.0. The van der Waals surface area contributed by atoms with E-state index in [1.54, 1.807) is 12.1 Å². The molecule has 15 heavy (non-hydrogen) atoms. The van der Waals surface area contributed by atoms with Gasteiger partial charge >= 0.3 is 0 Å². The molecule has 1 aromatic rings. The van der Waals surface area contributed by atoms with Crippen LogP contribution in [0.15, 0.2) is 12.1 Å². The van der Waals surface area contributed by atoms with Gasteiger partial charge in [0.05, 0.1) is 16.4 Å². The maximum atomic E-state index is 11.5. The van der Waals surface area contributed by atoms with Crippen LogP contribution in [0.4, 0.5) is 11.4 Å². The Morgan fingerprint density at radius 2 is 2.07 bits per heavy atom. The van der Waals surface area contributed by atoms with Crippen molar-refractivity contribution in [1.29, 1.82) is 0 Å². The smallest absolute Gasteiger partial charge is 0.227 e. The fraction of sp³-hybridized carbons (Fsp3) is 0.300. The van der Waals surface area contributed by atoms with Gasteiger partial charge in [-0.3, -0.25) is 4.79 Å². The second-order valence-corrected chi connectivity index (χ2v) is 4.46. The Morgan fingerprint density at radius 3 is 2.60 bits per heavy atom. The second-order valence-electron chi connectivity index (χ2n) is 3.62.